The first-order chi connectivity index (χ1) is 10.2. The van der Waals surface area contributed by atoms with Crippen molar-refractivity contribution in [3.63, 3.8) is 0 Å². The van der Waals surface area contributed by atoms with Gasteiger partial charge in [-0.25, -0.2) is 0 Å². The maximum atomic E-state index is 12.0. The van der Waals surface area contributed by atoms with Gasteiger partial charge in [-0.05, 0) is 11.6 Å². The second-order valence-corrected chi connectivity index (χ2v) is 5.20. The quantitative estimate of drug-likeness (QED) is 0.873. The number of benzene rings is 1. The number of aryl methyl sites for hydroxylation is 1. The molecule has 0 spiro atoms. The Morgan fingerprint density at radius 1 is 1.48 bits per heavy atom. The van der Waals surface area contributed by atoms with E-state index in [1.54, 1.807) is 6.92 Å². The van der Waals surface area contributed by atoms with Gasteiger partial charge in [0, 0.05) is 44.5 Å². The first kappa shape index (κ1) is 13.6. The van der Waals surface area contributed by atoms with E-state index in [4.69, 9.17) is 4.52 Å². The van der Waals surface area contributed by atoms with E-state index in [1.807, 2.05) is 18.2 Å². The SMILES string of the molecule is Cc1nc(CCNC(=O)CC2CNc3ccccc32)no1. The number of nitrogens with zero attached hydrogens (tertiary/aromatic N) is 2. The number of carbonyl (C=O) groups is 1. The summed E-state index contributed by atoms with van der Waals surface area (Å²) in [6.45, 7) is 3.09. The summed E-state index contributed by atoms with van der Waals surface area (Å²) in [5, 5.41) is 10.0. The fourth-order valence-electron chi connectivity index (χ4n) is 2.59. The van der Waals surface area contributed by atoms with Gasteiger partial charge in [-0.2, -0.15) is 4.98 Å². The molecule has 2 N–H and O–H groups in total. The molecule has 0 saturated carbocycles. The minimum Gasteiger partial charge on any atom is -0.384 e. The Bertz CT molecular complexity index is 638. The number of rotatable bonds is 5. The van der Waals surface area contributed by atoms with Crippen LogP contribution < -0.4 is 10.6 Å². The maximum Gasteiger partial charge on any atom is 0.223 e. The lowest BCUT2D eigenvalue weighted by molar-refractivity contribution is -0.121. The molecule has 1 unspecified atom stereocenters. The van der Waals surface area contributed by atoms with Crippen LogP contribution in [0.2, 0.25) is 0 Å². The Hall–Kier alpha value is -2.37. The molecule has 1 aromatic heterocycles. The third-order valence-electron chi connectivity index (χ3n) is 3.61. The van der Waals surface area contributed by atoms with Crippen LogP contribution in [0.15, 0.2) is 28.8 Å². The monoisotopic (exact) mass is 286 g/mol. The maximum absolute atomic E-state index is 12.0. The first-order valence-corrected chi connectivity index (χ1v) is 7.11. The smallest absolute Gasteiger partial charge is 0.223 e. The average Bonchev–Trinajstić information content (AvgIpc) is 3.06. The predicted molar refractivity (Wildman–Crippen MR) is 78.0 cm³/mol. The first-order valence-electron chi connectivity index (χ1n) is 7.11. The molecule has 6 nitrogen and oxygen atoms in total. The Balaban J connectivity index is 1.47. The highest BCUT2D eigenvalue weighted by atomic mass is 16.5. The average molecular weight is 286 g/mol. The number of hydrogen-bond acceptors (Lipinski definition) is 5. The second-order valence-electron chi connectivity index (χ2n) is 5.20. The van der Waals surface area contributed by atoms with Crippen molar-refractivity contribution in [3.05, 3.63) is 41.5 Å². The fraction of sp³-hybridized carbons (Fsp3) is 0.400. The van der Waals surface area contributed by atoms with E-state index in [1.165, 1.54) is 5.56 Å². The molecule has 1 aliphatic rings. The molecule has 1 aromatic carbocycles. The van der Waals surface area contributed by atoms with Gasteiger partial charge >= 0.3 is 0 Å². The van der Waals surface area contributed by atoms with Crippen molar-refractivity contribution in [1.82, 2.24) is 15.5 Å². The van der Waals surface area contributed by atoms with Crippen LogP contribution in [-0.4, -0.2) is 29.1 Å². The number of hydrogen-bond donors (Lipinski definition) is 2. The molecule has 6 heteroatoms. The van der Waals surface area contributed by atoms with Gasteiger partial charge < -0.3 is 15.2 Å². The van der Waals surface area contributed by atoms with Crippen LogP contribution in [0.3, 0.4) is 0 Å². The van der Waals surface area contributed by atoms with E-state index in [9.17, 15) is 4.79 Å². The minimum absolute atomic E-state index is 0.0544. The third-order valence-corrected chi connectivity index (χ3v) is 3.61. The van der Waals surface area contributed by atoms with Crippen molar-refractivity contribution in [2.24, 2.45) is 0 Å². The zero-order valence-corrected chi connectivity index (χ0v) is 11.9. The zero-order chi connectivity index (χ0) is 14.7. The largest absolute Gasteiger partial charge is 0.384 e. The van der Waals surface area contributed by atoms with Gasteiger partial charge in [0.05, 0.1) is 0 Å². The number of para-hydroxylation sites is 1. The highest BCUT2D eigenvalue weighted by Gasteiger charge is 2.23. The molecule has 1 atom stereocenters. The molecule has 0 bridgehead atoms. The van der Waals surface area contributed by atoms with E-state index < -0.39 is 0 Å². The van der Waals surface area contributed by atoms with Gasteiger partial charge in [0.1, 0.15) is 0 Å². The fourth-order valence-corrected chi connectivity index (χ4v) is 2.59. The molecular formula is C15H18N4O2. The van der Waals surface area contributed by atoms with Crippen LogP contribution in [0.25, 0.3) is 0 Å². The minimum atomic E-state index is 0.0544. The van der Waals surface area contributed by atoms with E-state index >= 15 is 0 Å². The number of aromatic nitrogens is 2. The van der Waals surface area contributed by atoms with Gasteiger partial charge in [0.25, 0.3) is 0 Å². The Morgan fingerprint density at radius 3 is 3.14 bits per heavy atom. The molecule has 2 heterocycles. The molecule has 0 radical (unpaired) electrons. The number of carbonyl (C=O) groups excluding carboxylic acids is 1. The standard InChI is InChI=1S/C15H18N4O2/c1-10-18-14(19-21-10)6-7-16-15(20)8-11-9-17-13-5-3-2-4-12(11)13/h2-5,11,17H,6-9H2,1H3,(H,16,20). The van der Waals surface area contributed by atoms with Gasteiger partial charge in [0.2, 0.25) is 11.8 Å². The van der Waals surface area contributed by atoms with Crippen LogP contribution in [0.5, 0.6) is 0 Å². The van der Waals surface area contributed by atoms with Gasteiger partial charge in [-0.1, -0.05) is 23.4 Å². The van der Waals surface area contributed by atoms with Crippen molar-refractivity contribution in [2.45, 2.75) is 25.7 Å². The van der Waals surface area contributed by atoms with E-state index in [2.05, 4.69) is 26.8 Å². The number of anilines is 1. The molecule has 1 amide bonds. The third kappa shape index (κ3) is 3.21. The van der Waals surface area contributed by atoms with Crippen molar-refractivity contribution < 1.29 is 9.32 Å². The van der Waals surface area contributed by atoms with Gasteiger partial charge in [0.15, 0.2) is 5.82 Å². The summed E-state index contributed by atoms with van der Waals surface area (Å²) >= 11 is 0. The van der Waals surface area contributed by atoms with Crippen LogP contribution in [0.1, 0.15) is 29.6 Å². The second kappa shape index (κ2) is 5.95. The Morgan fingerprint density at radius 2 is 2.33 bits per heavy atom. The van der Waals surface area contributed by atoms with Crippen molar-refractivity contribution in [2.75, 3.05) is 18.4 Å². The van der Waals surface area contributed by atoms with Gasteiger partial charge in [-0.15, -0.1) is 0 Å². The lowest BCUT2D eigenvalue weighted by atomic mass is 9.97. The molecular weight excluding hydrogens is 268 g/mol. The number of fused-ring (bicyclic) bond motifs is 1. The Labute approximate surface area is 122 Å². The summed E-state index contributed by atoms with van der Waals surface area (Å²) < 4.78 is 4.89. The topological polar surface area (TPSA) is 80.0 Å². The van der Waals surface area contributed by atoms with E-state index in [0.29, 0.717) is 31.1 Å². The summed E-state index contributed by atoms with van der Waals surface area (Å²) in [5.74, 6) is 1.47. The van der Waals surface area contributed by atoms with Crippen LogP contribution in [-0.2, 0) is 11.2 Å². The Kier molecular flexibility index (Phi) is 3.85. The highest BCUT2D eigenvalue weighted by molar-refractivity contribution is 5.78. The number of nitrogens with one attached hydrogen (secondary N) is 2. The van der Waals surface area contributed by atoms with Crippen LogP contribution >= 0.6 is 0 Å². The summed E-state index contributed by atoms with van der Waals surface area (Å²) in [5.41, 5.74) is 2.36. The zero-order valence-electron chi connectivity index (χ0n) is 11.9. The van der Waals surface area contributed by atoms with Crippen molar-refractivity contribution in [1.29, 1.82) is 0 Å². The molecule has 21 heavy (non-hydrogen) atoms. The predicted octanol–water partition coefficient (Wildman–Crippen LogP) is 1.64. The summed E-state index contributed by atoms with van der Waals surface area (Å²) in [6, 6.07) is 8.14. The molecule has 1 aliphatic heterocycles. The normalized spacial score (nSPS) is 16.3. The van der Waals surface area contributed by atoms with Crippen molar-refractivity contribution >= 4 is 11.6 Å². The molecule has 0 fully saturated rings. The van der Waals surface area contributed by atoms with Crippen molar-refractivity contribution in [3.8, 4) is 0 Å². The molecule has 2 aromatic rings. The van der Waals surface area contributed by atoms with Crippen LogP contribution in [0.4, 0.5) is 5.69 Å². The van der Waals surface area contributed by atoms with E-state index in [0.717, 1.165) is 12.2 Å². The number of amides is 1. The van der Waals surface area contributed by atoms with Crippen LogP contribution in [0, 0.1) is 6.92 Å². The molecule has 3 rings (SSSR count). The summed E-state index contributed by atoms with van der Waals surface area (Å²) in [7, 11) is 0. The molecule has 0 aliphatic carbocycles. The lowest BCUT2D eigenvalue weighted by Gasteiger charge is -2.10. The van der Waals surface area contributed by atoms with E-state index in [-0.39, 0.29) is 11.8 Å². The highest BCUT2D eigenvalue weighted by Crippen LogP contribution is 2.32. The molecule has 0 saturated heterocycles. The molecule has 110 valence electrons. The lowest BCUT2D eigenvalue weighted by Crippen LogP contribution is -2.27. The summed E-state index contributed by atoms with van der Waals surface area (Å²) in [6.07, 6.45) is 1.08. The van der Waals surface area contributed by atoms with Gasteiger partial charge in [-0.3, -0.25) is 4.79 Å². The summed E-state index contributed by atoms with van der Waals surface area (Å²) in [4.78, 5) is 16.1.